The fourth-order valence-corrected chi connectivity index (χ4v) is 2.74. The highest BCUT2D eigenvalue weighted by Gasteiger charge is 2.37. The van der Waals surface area contributed by atoms with Crippen LogP contribution in [0, 0.1) is 6.92 Å². The number of aryl methyl sites for hydroxylation is 1. The van der Waals surface area contributed by atoms with Gasteiger partial charge in [-0.2, -0.15) is 0 Å². The van der Waals surface area contributed by atoms with Crippen LogP contribution in [0.5, 0.6) is 5.75 Å². The van der Waals surface area contributed by atoms with Gasteiger partial charge in [0.2, 0.25) is 0 Å². The van der Waals surface area contributed by atoms with E-state index in [0.717, 1.165) is 15.4 Å². The number of rotatable bonds is 1. The van der Waals surface area contributed by atoms with E-state index in [9.17, 15) is 4.79 Å². The Morgan fingerprint density at radius 3 is 2.94 bits per heavy atom. The van der Waals surface area contributed by atoms with Crippen LogP contribution in [0.3, 0.4) is 0 Å². The largest absolute Gasteiger partial charge is 0.485 e. The van der Waals surface area contributed by atoms with E-state index in [1.807, 2.05) is 32.0 Å². The van der Waals surface area contributed by atoms with Gasteiger partial charge < -0.3 is 9.15 Å². The number of alkyl halides is 1. The van der Waals surface area contributed by atoms with Crippen molar-refractivity contribution in [2.45, 2.75) is 25.9 Å². The molecule has 18 heavy (non-hydrogen) atoms. The highest BCUT2D eigenvalue weighted by Crippen LogP contribution is 2.39. The maximum Gasteiger partial charge on any atom is 0.343 e. The average molecular weight is 356 g/mol. The van der Waals surface area contributed by atoms with Gasteiger partial charge in [-0.05, 0) is 31.5 Å². The normalized spacial score (nSPS) is 21.9. The van der Waals surface area contributed by atoms with E-state index < -0.39 is 0 Å². The zero-order chi connectivity index (χ0) is 12.9. The van der Waals surface area contributed by atoms with E-state index >= 15 is 0 Å². The van der Waals surface area contributed by atoms with Crippen LogP contribution in [0.1, 0.15) is 18.1 Å². The predicted molar refractivity (Wildman–Crippen MR) is 78.8 cm³/mol. The molecule has 3 nitrogen and oxygen atoms in total. The molecule has 0 saturated heterocycles. The van der Waals surface area contributed by atoms with Crippen LogP contribution in [0.4, 0.5) is 0 Å². The molecule has 0 N–H and O–H groups in total. The Morgan fingerprint density at radius 2 is 2.22 bits per heavy atom. The summed E-state index contributed by atoms with van der Waals surface area (Å²) in [5.74, 6) is 0.709. The molecule has 0 fully saturated rings. The molecule has 94 valence electrons. The molecular weight excluding hydrogens is 343 g/mol. The fraction of sp³-hybridized carbons (Fsp3) is 0.357. The van der Waals surface area contributed by atoms with Crippen molar-refractivity contribution in [3.05, 3.63) is 39.7 Å². The second kappa shape index (κ2) is 3.98. The van der Waals surface area contributed by atoms with E-state index in [1.165, 1.54) is 0 Å². The lowest BCUT2D eigenvalue weighted by molar-refractivity contribution is 0.149. The monoisotopic (exact) mass is 356 g/mol. The minimum absolute atomic E-state index is 0.267. The lowest BCUT2D eigenvalue weighted by Crippen LogP contribution is -2.32. The van der Waals surface area contributed by atoms with Gasteiger partial charge in [0.1, 0.15) is 16.9 Å². The van der Waals surface area contributed by atoms with E-state index in [1.54, 1.807) is 0 Å². The van der Waals surface area contributed by atoms with E-state index in [4.69, 9.17) is 9.15 Å². The van der Waals surface area contributed by atoms with Crippen molar-refractivity contribution in [2.24, 2.45) is 0 Å². The van der Waals surface area contributed by atoms with E-state index in [-0.39, 0.29) is 11.2 Å². The van der Waals surface area contributed by atoms with Crippen LogP contribution in [0.15, 0.2) is 27.4 Å². The molecule has 0 amide bonds. The summed E-state index contributed by atoms with van der Waals surface area (Å²) in [4.78, 5) is 12.0. The summed E-state index contributed by atoms with van der Waals surface area (Å²) in [5, 5.41) is 0.892. The molecule has 1 aromatic heterocycles. The SMILES string of the molecule is Cc1ccc2c3c(c(=O)oc2c1)CC(C)(CI)O3. The molecule has 1 aliphatic heterocycles. The minimum atomic E-state index is -0.295. The van der Waals surface area contributed by atoms with Gasteiger partial charge in [0, 0.05) is 10.8 Å². The van der Waals surface area contributed by atoms with Crippen molar-refractivity contribution in [1.29, 1.82) is 0 Å². The van der Waals surface area contributed by atoms with Gasteiger partial charge in [0.25, 0.3) is 0 Å². The molecule has 0 radical (unpaired) electrons. The lowest BCUT2D eigenvalue weighted by atomic mass is 10.0. The Balaban J connectivity index is 2.31. The van der Waals surface area contributed by atoms with Crippen LogP contribution in [0.2, 0.25) is 0 Å². The summed E-state index contributed by atoms with van der Waals surface area (Å²) in [6, 6.07) is 5.84. The van der Waals surface area contributed by atoms with Gasteiger partial charge >= 0.3 is 5.63 Å². The number of hydrogen-bond acceptors (Lipinski definition) is 3. The molecule has 2 heterocycles. The Hall–Kier alpha value is -1.04. The molecule has 0 saturated carbocycles. The van der Waals surface area contributed by atoms with Gasteiger partial charge in [-0.15, -0.1) is 0 Å². The third kappa shape index (κ3) is 1.74. The lowest BCUT2D eigenvalue weighted by Gasteiger charge is -2.20. The summed E-state index contributed by atoms with van der Waals surface area (Å²) in [6.07, 6.45) is 0.622. The number of ether oxygens (including phenoxy) is 1. The molecule has 1 aliphatic rings. The van der Waals surface area contributed by atoms with E-state index in [2.05, 4.69) is 22.6 Å². The Labute approximate surface area is 118 Å². The minimum Gasteiger partial charge on any atom is -0.485 e. The molecule has 0 bridgehead atoms. The quantitative estimate of drug-likeness (QED) is 0.448. The highest BCUT2D eigenvalue weighted by molar-refractivity contribution is 14.1. The predicted octanol–water partition coefficient (Wildman–Crippen LogP) is 3.23. The smallest absolute Gasteiger partial charge is 0.343 e. The van der Waals surface area contributed by atoms with Crippen molar-refractivity contribution in [3.8, 4) is 5.75 Å². The van der Waals surface area contributed by atoms with Gasteiger partial charge in [-0.3, -0.25) is 0 Å². The highest BCUT2D eigenvalue weighted by atomic mass is 127. The summed E-state index contributed by atoms with van der Waals surface area (Å²) >= 11 is 2.29. The first-order chi connectivity index (χ1) is 8.52. The Morgan fingerprint density at radius 1 is 1.44 bits per heavy atom. The topological polar surface area (TPSA) is 39.4 Å². The third-order valence-corrected chi connectivity index (χ3v) is 4.90. The average Bonchev–Trinajstić information content (AvgIpc) is 2.68. The van der Waals surface area contributed by atoms with Crippen LogP contribution in [0.25, 0.3) is 11.0 Å². The fourth-order valence-electron chi connectivity index (χ4n) is 2.32. The first-order valence-corrected chi connectivity index (χ1v) is 7.36. The van der Waals surface area contributed by atoms with Gasteiger partial charge in [0.15, 0.2) is 0 Å². The van der Waals surface area contributed by atoms with Gasteiger partial charge in [-0.25, -0.2) is 4.79 Å². The molecule has 1 aromatic carbocycles. The zero-order valence-electron chi connectivity index (χ0n) is 10.2. The molecule has 1 unspecified atom stereocenters. The molecule has 2 aromatic rings. The van der Waals surface area contributed by atoms with Crippen LogP contribution in [-0.2, 0) is 6.42 Å². The van der Waals surface area contributed by atoms with Crippen LogP contribution < -0.4 is 10.4 Å². The van der Waals surface area contributed by atoms with E-state index in [0.29, 0.717) is 23.3 Å². The molecular formula is C14H13IO3. The number of hydrogen-bond donors (Lipinski definition) is 0. The number of benzene rings is 1. The molecule has 1 atom stereocenters. The zero-order valence-corrected chi connectivity index (χ0v) is 12.4. The van der Waals surface area contributed by atoms with Crippen molar-refractivity contribution in [3.63, 3.8) is 0 Å². The van der Waals surface area contributed by atoms with Gasteiger partial charge in [-0.1, -0.05) is 28.7 Å². The number of fused-ring (bicyclic) bond motifs is 3. The van der Waals surface area contributed by atoms with Crippen molar-refractivity contribution in [1.82, 2.24) is 0 Å². The summed E-state index contributed by atoms with van der Waals surface area (Å²) in [6.45, 7) is 4.00. The second-order valence-corrected chi connectivity index (χ2v) is 5.82. The molecule has 0 spiro atoms. The summed E-state index contributed by atoms with van der Waals surface area (Å²) in [7, 11) is 0. The first kappa shape index (κ1) is 12.0. The maximum atomic E-state index is 12.0. The van der Waals surface area contributed by atoms with Gasteiger partial charge in [0.05, 0.1) is 10.9 Å². The molecule has 4 heteroatoms. The van der Waals surface area contributed by atoms with Crippen molar-refractivity contribution < 1.29 is 9.15 Å². The maximum absolute atomic E-state index is 12.0. The molecule has 0 aliphatic carbocycles. The van der Waals surface area contributed by atoms with Crippen molar-refractivity contribution >= 4 is 33.6 Å². The third-order valence-electron chi connectivity index (χ3n) is 3.29. The van der Waals surface area contributed by atoms with Crippen LogP contribution in [-0.4, -0.2) is 10.0 Å². The first-order valence-electron chi connectivity index (χ1n) is 5.84. The number of halogens is 1. The summed E-state index contributed by atoms with van der Waals surface area (Å²) < 4.78 is 12.2. The van der Waals surface area contributed by atoms with Crippen LogP contribution >= 0.6 is 22.6 Å². The Kier molecular flexibility index (Phi) is 2.66. The molecule has 3 rings (SSSR count). The summed E-state index contributed by atoms with van der Waals surface area (Å²) in [5.41, 5.74) is 1.79. The standard InChI is InChI=1S/C14H13IO3/c1-8-3-4-9-11(5-8)17-13(16)10-6-14(2,7-15)18-12(9)10/h3-5H,6-7H2,1-2H3. The van der Waals surface area contributed by atoms with Crippen molar-refractivity contribution in [2.75, 3.05) is 4.43 Å². The Bertz CT molecular complexity index is 689. The second-order valence-electron chi connectivity index (χ2n) is 5.06.